The Morgan fingerprint density at radius 2 is 2.03 bits per heavy atom. The first-order valence-corrected chi connectivity index (χ1v) is 12.5. The van der Waals surface area contributed by atoms with E-state index in [1.807, 2.05) is 24.3 Å². The van der Waals surface area contributed by atoms with Crippen LogP contribution in [-0.2, 0) is 11.3 Å². The van der Waals surface area contributed by atoms with Gasteiger partial charge in [0.05, 0.1) is 0 Å². The minimum atomic E-state index is -0.381. The molecule has 4 rings (SSSR count). The molecular weight excluding hydrogens is 382 g/mol. The predicted molar refractivity (Wildman–Crippen MR) is 118 cm³/mol. The second kappa shape index (κ2) is 9.52. The molecule has 2 amide bonds. The summed E-state index contributed by atoms with van der Waals surface area (Å²) in [6.45, 7) is 3.71. The number of thioether (sulfide) groups is 1. The highest BCUT2D eigenvalue weighted by Gasteiger charge is 2.37. The van der Waals surface area contributed by atoms with Crippen molar-refractivity contribution in [1.29, 1.82) is 0 Å². The largest absolute Gasteiger partial charge is 0.354 e. The van der Waals surface area contributed by atoms with Crippen molar-refractivity contribution < 1.29 is 9.59 Å². The maximum atomic E-state index is 13.2. The lowest BCUT2D eigenvalue weighted by Gasteiger charge is -2.44. The number of hydrogen-bond donors (Lipinski definition) is 1. The average Bonchev–Trinajstić information content (AvgIpc) is 3.09. The van der Waals surface area contributed by atoms with E-state index in [-0.39, 0.29) is 17.9 Å². The van der Waals surface area contributed by atoms with Gasteiger partial charge in [-0.15, -0.1) is 0 Å². The first kappa shape index (κ1) is 20.7. The molecule has 5 nitrogen and oxygen atoms in total. The van der Waals surface area contributed by atoms with Gasteiger partial charge in [0.1, 0.15) is 6.04 Å². The maximum Gasteiger partial charge on any atom is 0.255 e. The van der Waals surface area contributed by atoms with Crippen LogP contribution in [0.15, 0.2) is 24.3 Å². The second-order valence-corrected chi connectivity index (χ2v) is 9.62. The fraction of sp³-hybridized carbons (Fsp3) is 0.652. The Kier molecular flexibility index (Phi) is 6.81. The number of rotatable bonds is 7. The summed E-state index contributed by atoms with van der Waals surface area (Å²) in [7, 11) is 0. The highest BCUT2D eigenvalue weighted by molar-refractivity contribution is 7.98. The van der Waals surface area contributed by atoms with Crippen LogP contribution in [-0.4, -0.2) is 65.3 Å². The summed E-state index contributed by atoms with van der Waals surface area (Å²) in [4.78, 5) is 30.6. The van der Waals surface area contributed by atoms with Crippen molar-refractivity contribution in [3.05, 3.63) is 35.4 Å². The number of nitrogens with one attached hydrogen (secondary N) is 1. The van der Waals surface area contributed by atoms with Gasteiger partial charge in [0.15, 0.2) is 0 Å². The minimum Gasteiger partial charge on any atom is -0.354 e. The molecule has 0 aliphatic carbocycles. The van der Waals surface area contributed by atoms with Crippen molar-refractivity contribution in [2.24, 2.45) is 5.92 Å². The van der Waals surface area contributed by atoms with Crippen molar-refractivity contribution in [1.82, 2.24) is 15.1 Å². The van der Waals surface area contributed by atoms with Crippen molar-refractivity contribution in [2.75, 3.05) is 31.6 Å². The van der Waals surface area contributed by atoms with Gasteiger partial charge >= 0.3 is 0 Å². The molecule has 29 heavy (non-hydrogen) atoms. The van der Waals surface area contributed by atoms with Crippen LogP contribution in [0.2, 0.25) is 0 Å². The second-order valence-electron chi connectivity index (χ2n) is 8.63. The fourth-order valence-corrected chi connectivity index (χ4v) is 5.81. The molecule has 0 saturated carbocycles. The molecule has 2 fully saturated rings. The molecule has 0 bridgehead atoms. The Morgan fingerprint density at radius 3 is 2.86 bits per heavy atom. The van der Waals surface area contributed by atoms with Gasteiger partial charge < -0.3 is 15.1 Å². The summed E-state index contributed by atoms with van der Waals surface area (Å²) in [5, 5.41) is 3.25. The zero-order valence-corrected chi connectivity index (χ0v) is 18.3. The Bertz CT molecular complexity index is 739. The van der Waals surface area contributed by atoms with Gasteiger partial charge in [-0.25, -0.2) is 0 Å². The first-order chi connectivity index (χ1) is 14.2. The zero-order chi connectivity index (χ0) is 20.2. The van der Waals surface area contributed by atoms with Gasteiger partial charge in [0.25, 0.3) is 5.91 Å². The Labute approximate surface area is 178 Å². The van der Waals surface area contributed by atoms with Crippen LogP contribution >= 0.6 is 11.8 Å². The molecule has 3 atom stereocenters. The number of benzene rings is 1. The van der Waals surface area contributed by atoms with E-state index in [2.05, 4.69) is 16.5 Å². The van der Waals surface area contributed by atoms with E-state index in [9.17, 15) is 9.59 Å². The third kappa shape index (κ3) is 4.48. The Hall–Kier alpha value is -1.53. The fourth-order valence-electron chi connectivity index (χ4n) is 5.35. The number of fused-ring (bicyclic) bond motifs is 2. The lowest BCUT2D eigenvalue weighted by molar-refractivity contribution is -0.126. The van der Waals surface area contributed by atoms with E-state index in [1.54, 1.807) is 16.7 Å². The SMILES string of the molecule is CSCC[C@@H](C(=O)NC[C@H]1CCCN2CCCC[C@@H]12)N1Cc2ccccc2C1=O. The van der Waals surface area contributed by atoms with Crippen LogP contribution < -0.4 is 5.32 Å². The van der Waals surface area contributed by atoms with E-state index >= 15 is 0 Å². The van der Waals surface area contributed by atoms with Crippen molar-refractivity contribution in [2.45, 2.75) is 57.2 Å². The molecule has 158 valence electrons. The summed E-state index contributed by atoms with van der Waals surface area (Å²) in [6.07, 6.45) is 9.06. The normalized spacial score (nSPS) is 25.4. The van der Waals surface area contributed by atoms with Gasteiger partial charge in [0.2, 0.25) is 5.91 Å². The number of amides is 2. The van der Waals surface area contributed by atoms with Gasteiger partial charge in [-0.1, -0.05) is 24.6 Å². The molecule has 3 aliphatic heterocycles. The summed E-state index contributed by atoms with van der Waals surface area (Å²) in [5.74, 6) is 1.43. The van der Waals surface area contributed by atoms with Crippen LogP contribution in [0, 0.1) is 5.92 Å². The third-order valence-electron chi connectivity index (χ3n) is 6.89. The van der Waals surface area contributed by atoms with Crippen molar-refractivity contribution >= 4 is 23.6 Å². The quantitative estimate of drug-likeness (QED) is 0.743. The number of piperidine rings is 2. The number of carbonyl (C=O) groups excluding carboxylic acids is 2. The van der Waals surface area contributed by atoms with Crippen LogP contribution in [0.3, 0.4) is 0 Å². The Balaban J connectivity index is 1.41. The average molecular weight is 416 g/mol. The lowest BCUT2D eigenvalue weighted by Crippen LogP contribution is -2.53. The highest BCUT2D eigenvalue weighted by atomic mass is 32.2. The summed E-state index contributed by atoms with van der Waals surface area (Å²) in [5.41, 5.74) is 1.78. The number of hydrogen-bond acceptors (Lipinski definition) is 4. The standard InChI is InChI=1S/C23H33N3O2S/c1-29-14-11-21(26-16-18-7-2-3-9-19(18)23(26)28)22(27)24-15-17-8-6-13-25-12-5-4-10-20(17)25/h2-3,7,9,17,20-21H,4-6,8,10-16H2,1H3,(H,24,27)/t17-,20+,21+/m1/s1. The van der Waals surface area contributed by atoms with Crippen molar-refractivity contribution in [3.8, 4) is 0 Å². The first-order valence-electron chi connectivity index (χ1n) is 11.1. The number of nitrogens with zero attached hydrogens (tertiary/aromatic N) is 2. The minimum absolute atomic E-state index is 0.00187. The summed E-state index contributed by atoms with van der Waals surface area (Å²) < 4.78 is 0. The van der Waals surface area contributed by atoms with Gasteiger partial charge in [0, 0.05) is 24.7 Å². The third-order valence-corrected chi connectivity index (χ3v) is 7.53. The van der Waals surface area contributed by atoms with E-state index in [1.165, 1.54) is 45.2 Å². The van der Waals surface area contributed by atoms with Crippen LogP contribution in [0.4, 0.5) is 0 Å². The molecule has 3 aliphatic rings. The lowest BCUT2D eigenvalue weighted by atomic mass is 9.83. The van der Waals surface area contributed by atoms with Crippen LogP contribution in [0.25, 0.3) is 0 Å². The maximum absolute atomic E-state index is 13.2. The molecule has 3 heterocycles. The molecular formula is C23H33N3O2S. The van der Waals surface area contributed by atoms with Gasteiger partial charge in [-0.05, 0) is 74.7 Å². The summed E-state index contributed by atoms with van der Waals surface area (Å²) >= 11 is 1.73. The van der Waals surface area contributed by atoms with E-state index in [0.29, 0.717) is 24.9 Å². The van der Waals surface area contributed by atoms with E-state index in [0.717, 1.165) is 23.4 Å². The van der Waals surface area contributed by atoms with Gasteiger partial charge in [-0.2, -0.15) is 11.8 Å². The topological polar surface area (TPSA) is 52.7 Å². The molecule has 0 spiro atoms. The molecule has 0 unspecified atom stereocenters. The number of carbonyl (C=O) groups is 2. The molecule has 0 aromatic heterocycles. The monoisotopic (exact) mass is 415 g/mol. The Morgan fingerprint density at radius 1 is 1.21 bits per heavy atom. The zero-order valence-electron chi connectivity index (χ0n) is 17.4. The van der Waals surface area contributed by atoms with Crippen molar-refractivity contribution in [3.63, 3.8) is 0 Å². The molecule has 1 aromatic carbocycles. The van der Waals surface area contributed by atoms with Crippen LogP contribution in [0.1, 0.15) is 54.4 Å². The molecule has 1 N–H and O–H groups in total. The molecule has 0 radical (unpaired) electrons. The smallest absolute Gasteiger partial charge is 0.255 e. The highest BCUT2D eigenvalue weighted by Crippen LogP contribution is 2.31. The van der Waals surface area contributed by atoms with Crippen LogP contribution in [0.5, 0.6) is 0 Å². The molecule has 2 saturated heterocycles. The van der Waals surface area contributed by atoms with Gasteiger partial charge in [-0.3, -0.25) is 9.59 Å². The predicted octanol–water partition coefficient (Wildman–Crippen LogP) is 3.14. The summed E-state index contributed by atoms with van der Waals surface area (Å²) in [6, 6.07) is 7.98. The van der Waals surface area contributed by atoms with E-state index in [4.69, 9.17) is 0 Å². The van der Waals surface area contributed by atoms with E-state index < -0.39 is 0 Å². The molecule has 6 heteroatoms. The molecule has 1 aromatic rings.